The molecular formula is C32H34N6O3S. The molecule has 3 aromatic rings. The van der Waals surface area contributed by atoms with Gasteiger partial charge in [-0.2, -0.15) is 5.01 Å². The first-order valence-corrected chi connectivity index (χ1v) is 15.1. The quantitative estimate of drug-likeness (QED) is 0.384. The number of nitrogens with zero attached hydrogens (tertiary/aromatic N) is 5. The maximum Gasteiger partial charge on any atom is 0.332 e. The Kier molecular flexibility index (Phi) is 8.16. The maximum absolute atomic E-state index is 14.1. The Morgan fingerprint density at radius 2 is 2.00 bits per heavy atom. The molecule has 1 aromatic heterocycles. The molecule has 2 saturated heterocycles. The fourth-order valence-corrected chi connectivity index (χ4v) is 6.79. The zero-order valence-corrected chi connectivity index (χ0v) is 24.2. The molecule has 3 aliphatic rings. The lowest BCUT2D eigenvalue weighted by molar-refractivity contribution is -0.157. The molecule has 2 aromatic carbocycles. The number of hydrogen-bond donors (Lipinski definition) is 1. The average molecular weight is 583 g/mol. The van der Waals surface area contributed by atoms with Gasteiger partial charge in [-0.25, -0.2) is 9.78 Å². The third-order valence-corrected chi connectivity index (χ3v) is 8.92. The molecule has 0 unspecified atom stereocenters. The van der Waals surface area contributed by atoms with Crippen LogP contribution in [0.3, 0.4) is 0 Å². The second-order valence-corrected chi connectivity index (χ2v) is 11.6. The van der Waals surface area contributed by atoms with E-state index in [-0.39, 0.29) is 37.5 Å². The van der Waals surface area contributed by atoms with Crippen molar-refractivity contribution >= 4 is 39.4 Å². The monoisotopic (exact) mass is 582 g/mol. The van der Waals surface area contributed by atoms with E-state index in [1.807, 2.05) is 65.0 Å². The number of nitrogens with one attached hydrogen (secondary N) is 1. The first-order valence-electron chi connectivity index (χ1n) is 14.3. The van der Waals surface area contributed by atoms with Crippen LogP contribution in [0.2, 0.25) is 0 Å². The normalized spacial score (nSPS) is 20.5. The van der Waals surface area contributed by atoms with E-state index in [1.165, 1.54) is 0 Å². The summed E-state index contributed by atoms with van der Waals surface area (Å²) in [5, 5.41) is 6.37. The van der Waals surface area contributed by atoms with Gasteiger partial charge in [0.05, 0.1) is 35.4 Å². The highest BCUT2D eigenvalue weighted by Crippen LogP contribution is 2.31. The molecular weight excluding hydrogens is 548 g/mol. The van der Waals surface area contributed by atoms with Crippen LogP contribution in [0.15, 0.2) is 90.5 Å². The van der Waals surface area contributed by atoms with Gasteiger partial charge < -0.3 is 15.1 Å². The number of urea groups is 1. The van der Waals surface area contributed by atoms with Gasteiger partial charge in [-0.15, -0.1) is 17.9 Å². The summed E-state index contributed by atoms with van der Waals surface area (Å²) in [5.41, 5.74) is 5.76. The predicted molar refractivity (Wildman–Crippen MR) is 163 cm³/mol. The Hall–Kier alpha value is -4.28. The van der Waals surface area contributed by atoms with E-state index in [0.29, 0.717) is 19.5 Å². The number of benzene rings is 2. The van der Waals surface area contributed by atoms with Crippen LogP contribution in [0.4, 0.5) is 4.79 Å². The number of thiazole rings is 1. The topological polar surface area (TPSA) is 89.1 Å². The van der Waals surface area contributed by atoms with Crippen molar-refractivity contribution in [1.82, 2.24) is 30.1 Å². The smallest absolute Gasteiger partial charge is 0.332 e. The van der Waals surface area contributed by atoms with Gasteiger partial charge in [0.15, 0.2) is 0 Å². The lowest BCUT2D eigenvalue weighted by Gasteiger charge is -2.46. The first-order chi connectivity index (χ1) is 20.5. The SMILES string of the molecule is C=CCN(C(=O)NCC1=CCCC=C1)N1CC(=O)N2[C@@H](Cc3ccccc3)C(=O)N(Cc3cccc4ncsc34)C[C@@H]21. The number of amides is 4. The Labute approximate surface area is 249 Å². The van der Waals surface area contributed by atoms with Gasteiger partial charge in [0.2, 0.25) is 11.8 Å². The van der Waals surface area contributed by atoms with E-state index in [2.05, 4.69) is 29.0 Å². The number of hydrazine groups is 1. The summed E-state index contributed by atoms with van der Waals surface area (Å²) in [4.78, 5) is 49.2. The van der Waals surface area contributed by atoms with E-state index >= 15 is 0 Å². The van der Waals surface area contributed by atoms with Crippen LogP contribution in [0.1, 0.15) is 24.0 Å². The number of carbonyl (C=O) groups is 3. The summed E-state index contributed by atoms with van der Waals surface area (Å²) in [6.45, 7) is 5.18. The summed E-state index contributed by atoms with van der Waals surface area (Å²) >= 11 is 1.55. The lowest BCUT2D eigenvalue weighted by Crippen LogP contribution is -2.66. The number of hydrogen-bond acceptors (Lipinski definition) is 6. The van der Waals surface area contributed by atoms with Crippen molar-refractivity contribution in [3.8, 4) is 0 Å². The van der Waals surface area contributed by atoms with E-state index < -0.39 is 12.2 Å². The second-order valence-electron chi connectivity index (χ2n) is 10.7. The Morgan fingerprint density at radius 1 is 1.14 bits per heavy atom. The Bertz CT molecular complexity index is 1550. The minimum Gasteiger partial charge on any atom is -0.333 e. The van der Waals surface area contributed by atoms with Crippen molar-refractivity contribution < 1.29 is 14.4 Å². The molecule has 0 spiro atoms. The van der Waals surface area contributed by atoms with Crippen molar-refractivity contribution in [2.75, 3.05) is 26.2 Å². The highest BCUT2D eigenvalue weighted by Gasteiger charge is 2.52. The minimum atomic E-state index is -0.685. The highest BCUT2D eigenvalue weighted by atomic mass is 32.1. The third-order valence-electron chi connectivity index (χ3n) is 8.00. The standard InChI is InChI=1S/C32H34N6O3S/c1-2-16-36(32(41)33-18-24-12-7-4-8-13-24)37-21-29(39)38-27(17-23-10-5-3-6-11-23)31(40)35(20-28(37)38)19-25-14-9-15-26-30(25)42-22-34-26/h2-3,5-7,9-15,22,27-28H,1,4,8,16-21H2,(H,33,41)/t27-,28+/m0/s1. The molecule has 0 radical (unpaired) electrons. The summed E-state index contributed by atoms with van der Waals surface area (Å²) < 4.78 is 1.05. The number of allylic oxidation sites excluding steroid dienone is 2. The summed E-state index contributed by atoms with van der Waals surface area (Å²) in [7, 11) is 0. The van der Waals surface area contributed by atoms with Crippen LogP contribution in [-0.2, 0) is 22.6 Å². The van der Waals surface area contributed by atoms with Gasteiger partial charge in [0, 0.05) is 19.5 Å². The molecule has 1 aliphatic carbocycles. The third kappa shape index (κ3) is 5.60. The number of aromatic nitrogens is 1. The van der Waals surface area contributed by atoms with Crippen molar-refractivity contribution in [3.05, 3.63) is 102 Å². The summed E-state index contributed by atoms with van der Waals surface area (Å²) in [5.74, 6) is -0.263. The second kappa shape index (κ2) is 12.3. The van der Waals surface area contributed by atoms with Gasteiger partial charge in [-0.05, 0) is 35.6 Å². The van der Waals surface area contributed by atoms with Crippen LogP contribution in [-0.4, -0.2) is 81.0 Å². The molecule has 4 amide bonds. The zero-order chi connectivity index (χ0) is 29.1. The highest BCUT2D eigenvalue weighted by molar-refractivity contribution is 7.16. The Morgan fingerprint density at radius 3 is 2.79 bits per heavy atom. The molecule has 2 aliphatic heterocycles. The molecule has 10 heteroatoms. The molecule has 0 bridgehead atoms. The first kappa shape index (κ1) is 27.9. The van der Waals surface area contributed by atoms with Gasteiger partial charge in [-0.3, -0.25) is 14.6 Å². The van der Waals surface area contributed by atoms with Crippen LogP contribution >= 0.6 is 11.3 Å². The average Bonchev–Trinajstić information content (AvgIpc) is 3.63. The predicted octanol–water partition coefficient (Wildman–Crippen LogP) is 4.11. The van der Waals surface area contributed by atoms with Crippen LogP contribution < -0.4 is 5.32 Å². The maximum atomic E-state index is 14.1. The van der Waals surface area contributed by atoms with Gasteiger partial charge in [0.1, 0.15) is 12.2 Å². The number of rotatable bonds is 9. The van der Waals surface area contributed by atoms with E-state index in [9.17, 15) is 14.4 Å². The van der Waals surface area contributed by atoms with Gasteiger partial charge >= 0.3 is 6.03 Å². The molecule has 3 heterocycles. The molecule has 9 nitrogen and oxygen atoms in total. The molecule has 42 heavy (non-hydrogen) atoms. The molecule has 6 rings (SSSR count). The van der Waals surface area contributed by atoms with Crippen LogP contribution in [0.5, 0.6) is 0 Å². The molecule has 2 fully saturated rings. The lowest BCUT2D eigenvalue weighted by atomic mass is 10.00. The molecule has 216 valence electrons. The van der Waals surface area contributed by atoms with E-state index in [0.717, 1.165) is 39.8 Å². The number of piperazine rings is 1. The van der Waals surface area contributed by atoms with Gasteiger partial charge in [0.25, 0.3) is 0 Å². The molecule has 0 saturated carbocycles. The largest absolute Gasteiger partial charge is 0.333 e. The van der Waals surface area contributed by atoms with Crippen molar-refractivity contribution in [3.63, 3.8) is 0 Å². The summed E-state index contributed by atoms with van der Waals surface area (Å²) in [6, 6.07) is 14.7. The fraction of sp³-hybridized carbons (Fsp3) is 0.312. The molecule has 2 atom stereocenters. The van der Waals surface area contributed by atoms with Crippen molar-refractivity contribution in [2.24, 2.45) is 0 Å². The number of fused-ring (bicyclic) bond motifs is 2. The molecule has 1 N–H and O–H groups in total. The van der Waals surface area contributed by atoms with E-state index in [4.69, 9.17) is 0 Å². The fourth-order valence-electron chi connectivity index (χ4n) is 6.00. The van der Waals surface area contributed by atoms with Gasteiger partial charge in [-0.1, -0.05) is 66.8 Å². The number of carbonyl (C=O) groups excluding carboxylic acids is 3. The zero-order valence-electron chi connectivity index (χ0n) is 23.4. The summed E-state index contributed by atoms with van der Waals surface area (Å²) in [6.07, 6.45) is 9.78. The van der Waals surface area contributed by atoms with Crippen LogP contribution in [0.25, 0.3) is 10.2 Å². The van der Waals surface area contributed by atoms with Crippen LogP contribution in [0, 0.1) is 0 Å². The van der Waals surface area contributed by atoms with Crippen molar-refractivity contribution in [2.45, 2.75) is 38.0 Å². The van der Waals surface area contributed by atoms with Crippen molar-refractivity contribution in [1.29, 1.82) is 0 Å². The van der Waals surface area contributed by atoms with E-state index in [1.54, 1.807) is 32.3 Å². The minimum absolute atomic E-state index is 0.00532. The Balaban J connectivity index is 1.30.